The first-order valence-electron chi connectivity index (χ1n) is 3.65. The minimum Gasteiger partial charge on any atom is -0.235 e. The van der Waals surface area contributed by atoms with Crippen LogP contribution in [0.5, 0.6) is 0 Å². The smallest absolute Gasteiger partial charge is 0.235 e. The predicted molar refractivity (Wildman–Crippen MR) is 42.4 cm³/mol. The van der Waals surface area contributed by atoms with E-state index < -0.39 is 18.4 Å². The molecule has 5 heteroatoms. The second-order valence-electron chi connectivity index (χ2n) is 2.69. The minimum atomic E-state index is -4.34. The monoisotopic (exact) mass is 203 g/mol. The van der Waals surface area contributed by atoms with Crippen LogP contribution in [0, 0.1) is 12.4 Å². The molecule has 0 unspecified atom stereocenters. The summed E-state index contributed by atoms with van der Waals surface area (Å²) in [5.41, 5.74) is -0.489. The third kappa shape index (κ3) is 2.73. The Morgan fingerprint density at radius 3 is 2.43 bits per heavy atom. The maximum Gasteiger partial charge on any atom is 0.392 e. The summed E-state index contributed by atoms with van der Waals surface area (Å²) < 4.78 is 48.4. The van der Waals surface area contributed by atoms with Crippen molar-refractivity contribution in [1.82, 2.24) is 0 Å². The van der Waals surface area contributed by atoms with Gasteiger partial charge in [-0.05, 0) is 17.7 Å². The molecule has 0 aliphatic rings. The van der Waals surface area contributed by atoms with Crippen LogP contribution in [-0.4, -0.2) is 6.18 Å². The topological polar surface area (TPSA) is 4.36 Å². The Hall–Kier alpha value is -1.57. The third-order valence-electron chi connectivity index (χ3n) is 1.54. The molecule has 1 rings (SSSR count). The Bertz CT molecular complexity index is 375. The molecule has 0 spiro atoms. The zero-order valence-electron chi connectivity index (χ0n) is 6.90. The summed E-state index contributed by atoms with van der Waals surface area (Å²) >= 11 is 0. The molecule has 1 aromatic carbocycles. The number of hydrogen-bond acceptors (Lipinski definition) is 0. The molecule has 74 valence electrons. The van der Waals surface area contributed by atoms with Crippen molar-refractivity contribution in [3.8, 4) is 0 Å². The van der Waals surface area contributed by atoms with Crippen LogP contribution in [0.25, 0.3) is 4.85 Å². The van der Waals surface area contributed by atoms with Gasteiger partial charge in [0.15, 0.2) is 0 Å². The van der Waals surface area contributed by atoms with Gasteiger partial charge in [0.05, 0.1) is 13.0 Å². The van der Waals surface area contributed by atoms with E-state index in [9.17, 15) is 17.6 Å². The van der Waals surface area contributed by atoms with Gasteiger partial charge in [-0.3, -0.25) is 0 Å². The van der Waals surface area contributed by atoms with E-state index >= 15 is 0 Å². The maximum atomic E-state index is 12.7. The Balaban J connectivity index is 2.97. The van der Waals surface area contributed by atoms with E-state index in [2.05, 4.69) is 4.85 Å². The summed E-state index contributed by atoms with van der Waals surface area (Å²) in [5.74, 6) is -0.800. The number of benzene rings is 1. The Morgan fingerprint density at radius 2 is 1.93 bits per heavy atom. The third-order valence-corrected chi connectivity index (χ3v) is 1.54. The molecule has 1 aromatic rings. The summed E-state index contributed by atoms with van der Waals surface area (Å²) in [5, 5.41) is 0. The molecule has 0 aliphatic carbocycles. The standard InChI is InChI=1S/C9H5F4N/c1-14-8-4-6(2-3-7(8)10)5-9(11,12)13/h2-4H,5H2. The van der Waals surface area contributed by atoms with Crippen LogP contribution in [0.4, 0.5) is 23.2 Å². The van der Waals surface area contributed by atoms with Crippen LogP contribution in [0.3, 0.4) is 0 Å². The molecular weight excluding hydrogens is 198 g/mol. The second-order valence-corrected chi connectivity index (χ2v) is 2.69. The number of halogens is 4. The van der Waals surface area contributed by atoms with Crippen molar-refractivity contribution in [2.75, 3.05) is 0 Å². The summed E-state index contributed by atoms with van der Waals surface area (Å²) in [4.78, 5) is 2.77. The van der Waals surface area contributed by atoms with Crippen molar-refractivity contribution in [1.29, 1.82) is 0 Å². The molecule has 14 heavy (non-hydrogen) atoms. The SMILES string of the molecule is [C-]#[N+]c1cc(CC(F)(F)F)ccc1F. The lowest BCUT2D eigenvalue weighted by Crippen LogP contribution is -2.11. The molecule has 0 radical (unpaired) electrons. The molecule has 0 N–H and O–H groups in total. The van der Waals surface area contributed by atoms with E-state index in [1.807, 2.05) is 0 Å². The van der Waals surface area contributed by atoms with Gasteiger partial charge in [0.25, 0.3) is 0 Å². The van der Waals surface area contributed by atoms with E-state index in [-0.39, 0.29) is 11.3 Å². The lowest BCUT2D eigenvalue weighted by atomic mass is 10.1. The quantitative estimate of drug-likeness (QED) is 0.486. The van der Waals surface area contributed by atoms with Gasteiger partial charge >= 0.3 is 6.18 Å². The van der Waals surface area contributed by atoms with Gasteiger partial charge in [-0.25, -0.2) is 9.24 Å². The average molecular weight is 203 g/mol. The lowest BCUT2D eigenvalue weighted by molar-refractivity contribution is -0.127. The molecule has 0 amide bonds. The van der Waals surface area contributed by atoms with Crippen molar-refractivity contribution in [2.24, 2.45) is 0 Å². The highest BCUT2D eigenvalue weighted by molar-refractivity contribution is 5.48. The van der Waals surface area contributed by atoms with Crippen LogP contribution in [0.1, 0.15) is 5.56 Å². The van der Waals surface area contributed by atoms with Crippen molar-refractivity contribution < 1.29 is 17.6 Å². The molecule has 0 fully saturated rings. The summed E-state index contributed by atoms with van der Waals surface area (Å²) in [7, 11) is 0. The van der Waals surface area contributed by atoms with E-state index in [4.69, 9.17) is 6.57 Å². The van der Waals surface area contributed by atoms with Gasteiger partial charge in [-0.2, -0.15) is 13.2 Å². The number of hydrogen-bond donors (Lipinski definition) is 0. The molecule has 0 bridgehead atoms. The highest BCUT2D eigenvalue weighted by atomic mass is 19.4. The number of alkyl halides is 3. The van der Waals surface area contributed by atoms with Gasteiger partial charge in [-0.15, -0.1) is 0 Å². The normalized spacial score (nSPS) is 11.1. The zero-order valence-corrected chi connectivity index (χ0v) is 6.90. The van der Waals surface area contributed by atoms with Crippen LogP contribution >= 0.6 is 0 Å². The second kappa shape index (κ2) is 3.66. The van der Waals surface area contributed by atoms with Crippen molar-refractivity contribution in [3.63, 3.8) is 0 Å². The van der Waals surface area contributed by atoms with Gasteiger partial charge in [0, 0.05) is 0 Å². The Labute approximate surface area is 77.8 Å². The Kier molecular flexibility index (Phi) is 2.75. The van der Waals surface area contributed by atoms with Crippen molar-refractivity contribution in [3.05, 3.63) is 41.0 Å². The largest absolute Gasteiger partial charge is 0.392 e. The van der Waals surface area contributed by atoms with Crippen molar-refractivity contribution >= 4 is 5.69 Å². The van der Waals surface area contributed by atoms with E-state index in [1.54, 1.807) is 0 Å². The first-order valence-corrected chi connectivity index (χ1v) is 3.65. The molecule has 0 heterocycles. The zero-order chi connectivity index (χ0) is 10.8. The summed E-state index contributed by atoms with van der Waals surface area (Å²) in [6.07, 6.45) is -5.48. The first-order chi connectivity index (χ1) is 6.42. The average Bonchev–Trinajstić information content (AvgIpc) is 2.06. The minimum absolute atomic E-state index is 0.107. The van der Waals surface area contributed by atoms with Crippen LogP contribution < -0.4 is 0 Å². The highest BCUT2D eigenvalue weighted by Gasteiger charge is 2.27. The van der Waals surface area contributed by atoms with E-state index in [1.165, 1.54) is 0 Å². The first kappa shape index (κ1) is 10.5. The fourth-order valence-electron chi connectivity index (χ4n) is 0.985. The Morgan fingerprint density at radius 1 is 1.29 bits per heavy atom. The predicted octanol–water partition coefficient (Wildman–Crippen LogP) is 3.48. The van der Waals surface area contributed by atoms with E-state index in [0.29, 0.717) is 0 Å². The molecular formula is C9H5F4N. The number of rotatable bonds is 1. The summed E-state index contributed by atoms with van der Waals surface area (Å²) in [6.45, 7) is 6.52. The van der Waals surface area contributed by atoms with Gasteiger partial charge < -0.3 is 0 Å². The van der Waals surface area contributed by atoms with Gasteiger partial charge in [0.1, 0.15) is 5.82 Å². The van der Waals surface area contributed by atoms with Crippen LogP contribution in [0.15, 0.2) is 18.2 Å². The molecule has 0 aliphatic heterocycles. The summed E-state index contributed by atoms with van der Waals surface area (Å²) in [6, 6.07) is 2.81. The highest BCUT2D eigenvalue weighted by Crippen LogP contribution is 2.25. The molecule has 0 saturated carbocycles. The van der Waals surface area contributed by atoms with Gasteiger partial charge in [-0.1, -0.05) is 6.07 Å². The molecule has 1 nitrogen and oxygen atoms in total. The fraction of sp³-hybridized carbons (Fsp3) is 0.222. The maximum absolute atomic E-state index is 12.7. The number of nitrogens with zero attached hydrogens (tertiary/aromatic N) is 1. The molecule has 0 aromatic heterocycles. The molecule has 0 atom stereocenters. The lowest BCUT2D eigenvalue weighted by Gasteiger charge is -2.06. The molecule has 0 saturated heterocycles. The van der Waals surface area contributed by atoms with Crippen molar-refractivity contribution in [2.45, 2.75) is 12.6 Å². The fourth-order valence-corrected chi connectivity index (χ4v) is 0.985. The van der Waals surface area contributed by atoms with E-state index in [0.717, 1.165) is 18.2 Å². The van der Waals surface area contributed by atoms with Gasteiger partial charge in [0.2, 0.25) is 5.69 Å². The van der Waals surface area contributed by atoms with Crippen LogP contribution in [0.2, 0.25) is 0 Å². The van der Waals surface area contributed by atoms with Crippen LogP contribution in [-0.2, 0) is 6.42 Å².